The highest BCUT2D eigenvalue weighted by Crippen LogP contribution is 2.04. The van der Waals surface area contributed by atoms with E-state index >= 15 is 0 Å². The lowest BCUT2D eigenvalue weighted by molar-refractivity contribution is 0.0600. The first-order valence-electron chi connectivity index (χ1n) is 7.26. The van der Waals surface area contributed by atoms with Crippen LogP contribution in [0.4, 0.5) is 0 Å². The SMILES string of the molecule is COC(=O)c1ccc(C#CCOC/C=C/c2ccccc2)cc1. The first-order chi connectivity index (χ1) is 11.3. The maximum Gasteiger partial charge on any atom is 0.337 e. The van der Waals surface area contributed by atoms with Crippen LogP contribution < -0.4 is 0 Å². The first-order valence-corrected chi connectivity index (χ1v) is 7.26. The number of rotatable bonds is 5. The second-order valence-corrected chi connectivity index (χ2v) is 4.70. The van der Waals surface area contributed by atoms with E-state index in [1.165, 1.54) is 7.11 Å². The molecule has 23 heavy (non-hydrogen) atoms. The molecule has 0 amide bonds. The predicted octanol–water partition coefficient (Wildman–Crippen LogP) is 3.55. The molecule has 2 aromatic carbocycles. The Labute approximate surface area is 136 Å². The Morgan fingerprint density at radius 1 is 1.09 bits per heavy atom. The van der Waals surface area contributed by atoms with Crippen molar-refractivity contribution in [3.05, 3.63) is 77.4 Å². The maximum absolute atomic E-state index is 11.3. The van der Waals surface area contributed by atoms with Gasteiger partial charge in [0.05, 0.1) is 19.3 Å². The third-order valence-corrected chi connectivity index (χ3v) is 3.04. The zero-order valence-electron chi connectivity index (χ0n) is 13.0. The Bertz CT molecular complexity index is 704. The van der Waals surface area contributed by atoms with Crippen molar-refractivity contribution >= 4 is 12.0 Å². The van der Waals surface area contributed by atoms with Crippen LogP contribution in [-0.4, -0.2) is 26.3 Å². The number of hydrogen-bond donors (Lipinski definition) is 0. The molecule has 116 valence electrons. The molecule has 3 heteroatoms. The minimum absolute atomic E-state index is 0.349. The van der Waals surface area contributed by atoms with Crippen molar-refractivity contribution in [2.45, 2.75) is 0 Å². The third-order valence-electron chi connectivity index (χ3n) is 3.04. The molecular formula is C20H18O3. The number of benzene rings is 2. The van der Waals surface area contributed by atoms with Gasteiger partial charge in [-0.05, 0) is 29.8 Å². The van der Waals surface area contributed by atoms with E-state index in [0.29, 0.717) is 18.8 Å². The van der Waals surface area contributed by atoms with E-state index in [9.17, 15) is 4.79 Å². The van der Waals surface area contributed by atoms with E-state index in [1.54, 1.807) is 24.3 Å². The molecule has 0 radical (unpaired) electrons. The highest BCUT2D eigenvalue weighted by molar-refractivity contribution is 5.89. The minimum atomic E-state index is -0.349. The molecule has 0 bridgehead atoms. The van der Waals surface area contributed by atoms with Gasteiger partial charge in [0.1, 0.15) is 6.61 Å². The van der Waals surface area contributed by atoms with Gasteiger partial charge < -0.3 is 9.47 Å². The van der Waals surface area contributed by atoms with E-state index in [1.807, 2.05) is 42.5 Å². The van der Waals surface area contributed by atoms with E-state index in [2.05, 4.69) is 16.6 Å². The highest BCUT2D eigenvalue weighted by atomic mass is 16.5. The molecule has 2 aromatic rings. The number of carbonyl (C=O) groups excluding carboxylic acids is 1. The van der Waals surface area contributed by atoms with Gasteiger partial charge in [0.25, 0.3) is 0 Å². The largest absolute Gasteiger partial charge is 0.465 e. The molecule has 2 rings (SSSR count). The van der Waals surface area contributed by atoms with Gasteiger partial charge in [-0.3, -0.25) is 0 Å². The summed E-state index contributed by atoms with van der Waals surface area (Å²) in [6, 6.07) is 17.0. The Morgan fingerprint density at radius 2 is 1.83 bits per heavy atom. The smallest absolute Gasteiger partial charge is 0.337 e. The molecule has 0 spiro atoms. The lowest BCUT2D eigenvalue weighted by Crippen LogP contribution is -2.00. The van der Waals surface area contributed by atoms with E-state index in [0.717, 1.165) is 11.1 Å². The molecule has 0 aromatic heterocycles. The molecule has 0 aliphatic rings. The Balaban J connectivity index is 1.73. The number of methoxy groups -OCH3 is 1. The van der Waals surface area contributed by atoms with Crippen molar-refractivity contribution in [1.82, 2.24) is 0 Å². The van der Waals surface area contributed by atoms with Gasteiger partial charge in [-0.15, -0.1) is 0 Å². The normalized spacial score (nSPS) is 10.1. The van der Waals surface area contributed by atoms with Crippen LogP contribution in [0.15, 0.2) is 60.7 Å². The maximum atomic E-state index is 11.3. The lowest BCUT2D eigenvalue weighted by Gasteiger charge is -1.98. The van der Waals surface area contributed by atoms with Crippen molar-refractivity contribution in [1.29, 1.82) is 0 Å². The van der Waals surface area contributed by atoms with Crippen molar-refractivity contribution in [2.75, 3.05) is 20.3 Å². The van der Waals surface area contributed by atoms with Crippen LogP contribution in [0.2, 0.25) is 0 Å². The van der Waals surface area contributed by atoms with Gasteiger partial charge in [-0.2, -0.15) is 0 Å². The van der Waals surface area contributed by atoms with Crippen LogP contribution in [0.3, 0.4) is 0 Å². The van der Waals surface area contributed by atoms with Crippen LogP contribution in [0.25, 0.3) is 6.08 Å². The second-order valence-electron chi connectivity index (χ2n) is 4.70. The van der Waals surface area contributed by atoms with Crippen LogP contribution in [-0.2, 0) is 9.47 Å². The quantitative estimate of drug-likeness (QED) is 0.481. The summed E-state index contributed by atoms with van der Waals surface area (Å²) in [5.41, 5.74) is 2.49. The molecule has 0 heterocycles. The zero-order chi connectivity index (χ0) is 16.3. The minimum Gasteiger partial charge on any atom is -0.465 e. The summed E-state index contributed by atoms with van der Waals surface area (Å²) in [4.78, 5) is 11.3. The molecular weight excluding hydrogens is 288 g/mol. The first kappa shape index (κ1) is 16.5. The average molecular weight is 306 g/mol. The topological polar surface area (TPSA) is 35.5 Å². The Kier molecular flexibility index (Phi) is 6.65. The fraction of sp³-hybridized carbons (Fsp3) is 0.150. The fourth-order valence-corrected chi connectivity index (χ4v) is 1.87. The predicted molar refractivity (Wildman–Crippen MR) is 91.0 cm³/mol. The van der Waals surface area contributed by atoms with Crippen molar-refractivity contribution < 1.29 is 14.3 Å². The van der Waals surface area contributed by atoms with Gasteiger partial charge in [0, 0.05) is 5.56 Å². The van der Waals surface area contributed by atoms with Crippen LogP contribution in [0.5, 0.6) is 0 Å². The number of esters is 1. The van der Waals surface area contributed by atoms with Crippen LogP contribution >= 0.6 is 0 Å². The molecule has 0 N–H and O–H groups in total. The number of ether oxygens (including phenoxy) is 2. The monoisotopic (exact) mass is 306 g/mol. The molecule has 0 unspecified atom stereocenters. The summed E-state index contributed by atoms with van der Waals surface area (Å²) in [5, 5.41) is 0. The van der Waals surface area contributed by atoms with E-state index < -0.39 is 0 Å². The summed E-state index contributed by atoms with van der Waals surface area (Å²) in [6.45, 7) is 0.878. The third kappa shape index (κ3) is 5.82. The second kappa shape index (κ2) is 9.24. The molecule has 0 aliphatic heterocycles. The van der Waals surface area contributed by atoms with Crippen molar-refractivity contribution in [3.8, 4) is 11.8 Å². The standard InChI is InChI=1S/C20H18O3/c1-22-20(21)19-13-11-18(12-14-19)10-6-16-23-15-5-9-17-7-3-2-4-8-17/h2-5,7-9,11-14H,15-16H2,1H3/b9-5+. The fourth-order valence-electron chi connectivity index (χ4n) is 1.87. The molecule has 0 aliphatic carbocycles. The van der Waals surface area contributed by atoms with Crippen molar-refractivity contribution in [2.24, 2.45) is 0 Å². The van der Waals surface area contributed by atoms with E-state index in [4.69, 9.17) is 4.74 Å². The zero-order valence-corrected chi connectivity index (χ0v) is 13.0. The molecule has 0 saturated heterocycles. The van der Waals surface area contributed by atoms with Crippen LogP contribution in [0, 0.1) is 11.8 Å². The lowest BCUT2D eigenvalue weighted by atomic mass is 10.1. The van der Waals surface area contributed by atoms with Gasteiger partial charge in [0.15, 0.2) is 0 Å². The molecule has 0 fully saturated rings. The van der Waals surface area contributed by atoms with E-state index in [-0.39, 0.29) is 5.97 Å². The summed E-state index contributed by atoms with van der Waals surface area (Å²) >= 11 is 0. The number of hydrogen-bond acceptors (Lipinski definition) is 3. The number of carbonyl (C=O) groups is 1. The van der Waals surface area contributed by atoms with Crippen LogP contribution in [0.1, 0.15) is 21.5 Å². The summed E-state index contributed by atoms with van der Waals surface area (Å²) in [5.74, 6) is 5.58. The van der Waals surface area contributed by atoms with Gasteiger partial charge >= 0.3 is 5.97 Å². The summed E-state index contributed by atoms with van der Waals surface area (Å²) in [6.07, 6.45) is 3.97. The molecule has 3 nitrogen and oxygen atoms in total. The van der Waals surface area contributed by atoms with Gasteiger partial charge in [-0.1, -0.05) is 54.3 Å². The highest BCUT2D eigenvalue weighted by Gasteiger charge is 2.02. The van der Waals surface area contributed by atoms with Gasteiger partial charge in [0.2, 0.25) is 0 Å². The van der Waals surface area contributed by atoms with Gasteiger partial charge in [-0.25, -0.2) is 4.79 Å². The molecule has 0 atom stereocenters. The Hall–Kier alpha value is -2.83. The molecule has 0 saturated carbocycles. The summed E-state index contributed by atoms with van der Waals surface area (Å²) < 4.78 is 10.1. The summed E-state index contributed by atoms with van der Waals surface area (Å²) in [7, 11) is 1.36. The Morgan fingerprint density at radius 3 is 2.52 bits per heavy atom. The average Bonchev–Trinajstić information content (AvgIpc) is 2.61. The van der Waals surface area contributed by atoms with Crippen molar-refractivity contribution in [3.63, 3.8) is 0 Å².